The topological polar surface area (TPSA) is 30.7 Å². The van der Waals surface area contributed by atoms with E-state index in [0.29, 0.717) is 0 Å². The summed E-state index contributed by atoms with van der Waals surface area (Å²) >= 11 is 3.15. The maximum Gasteiger partial charge on any atom is 0.199 e. The minimum atomic E-state index is 0. The summed E-state index contributed by atoms with van der Waals surface area (Å²) in [5.74, 6) is 0. The molecule has 0 N–H and O–H groups in total. The normalized spacial score (nSPS) is 8.25. The van der Waals surface area contributed by atoms with Crippen LogP contribution in [-0.4, -0.2) is 14.8 Å². The molecule has 0 amide bonds. The van der Waals surface area contributed by atoms with Gasteiger partial charge in [0.2, 0.25) is 0 Å². The number of hydrogen-bond acceptors (Lipinski definition) is 2. The van der Waals surface area contributed by atoms with Crippen LogP contribution in [0.3, 0.4) is 0 Å². The summed E-state index contributed by atoms with van der Waals surface area (Å²) in [5, 5.41) is 7.23. The first-order valence-electron chi connectivity index (χ1n) is 1.80. The lowest BCUT2D eigenvalue weighted by molar-refractivity contribution is 0.880. The molecule has 1 rings (SSSR count). The van der Waals surface area contributed by atoms with E-state index >= 15 is 0 Å². The first-order chi connectivity index (χ1) is 3.30. The van der Waals surface area contributed by atoms with Crippen LogP contribution in [0.2, 0.25) is 0 Å². The predicted molar refractivity (Wildman–Crippen MR) is 36.0 cm³/mol. The number of hydrogen-bond donors (Lipinski definition) is 0. The fourth-order valence-electron chi connectivity index (χ4n) is 0.269. The molecule has 3 nitrogen and oxygen atoms in total. The van der Waals surface area contributed by atoms with Crippen LogP contribution in [0.25, 0.3) is 0 Å². The van der Waals surface area contributed by atoms with Gasteiger partial charge in [-0.3, -0.25) is 0 Å². The molecule has 0 fully saturated rings. The third kappa shape index (κ3) is 1.45. The first kappa shape index (κ1) is 7.91. The van der Waals surface area contributed by atoms with Crippen LogP contribution in [-0.2, 0) is 7.05 Å². The molecule has 0 spiro atoms. The van der Waals surface area contributed by atoms with E-state index in [1.54, 1.807) is 10.9 Å². The summed E-state index contributed by atoms with van der Waals surface area (Å²) < 4.78 is 2.53. The van der Waals surface area contributed by atoms with Gasteiger partial charge in [-0.25, -0.2) is 0 Å². The Morgan fingerprint density at radius 3 is 2.50 bits per heavy atom. The van der Waals surface area contributed by atoms with Gasteiger partial charge in [-0.15, -0.1) is 22.6 Å². The molecule has 0 radical (unpaired) electrons. The minimum absolute atomic E-state index is 0. The molecule has 0 saturated carbocycles. The summed E-state index contributed by atoms with van der Waals surface area (Å²) in [6.45, 7) is 0. The largest absolute Gasteiger partial charge is 0.311 e. The van der Waals surface area contributed by atoms with E-state index in [1.807, 2.05) is 7.05 Å². The highest BCUT2D eigenvalue weighted by Gasteiger charge is 1.88. The first-order valence-corrected chi connectivity index (χ1v) is 2.59. The molecule has 0 aliphatic carbocycles. The van der Waals surface area contributed by atoms with Crippen LogP contribution in [0.15, 0.2) is 11.1 Å². The Hall–Kier alpha value is -0.0900. The van der Waals surface area contributed by atoms with Gasteiger partial charge in [-0.1, -0.05) is 0 Å². The van der Waals surface area contributed by atoms with Gasteiger partial charge >= 0.3 is 0 Å². The minimum Gasteiger partial charge on any atom is -0.311 e. The predicted octanol–water partition coefficient (Wildman–Crippen LogP) is 0.999. The maximum atomic E-state index is 3.65. The zero-order valence-corrected chi connectivity index (χ0v) is 6.61. The van der Waals surface area contributed by atoms with Crippen molar-refractivity contribution in [3.63, 3.8) is 0 Å². The van der Waals surface area contributed by atoms with Crippen molar-refractivity contribution in [2.24, 2.45) is 7.05 Å². The van der Waals surface area contributed by atoms with Gasteiger partial charge in [0, 0.05) is 7.05 Å². The Kier molecular flexibility index (Phi) is 3.01. The van der Waals surface area contributed by atoms with Crippen LogP contribution >= 0.6 is 28.3 Å². The monoisotopic (exact) mass is 197 g/mol. The zero-order valence-electron chi connectivity index (χ0n) is 4.21. The van der Waals surface area contributed by atoms with E-state index in [4.69, 9.17) is 0 Å². The van der Waals surface area contributed by atoms with Gasteiger partial charge < -0.3 is 4.57 Å². The second-order valence-corrected chi connectivity index (χ2v) is 1.92. The quantitative estimate of drug-likeness (QED) is 0.623. The molecule has 1 aromatic heterocycles. The third-order valence-electron chi connectivity index (χ3n) is 0.656. The van der Waals surface area contributed by atoms with E-state index in [1.165, 1.54) is 0 Å². The third-order valence-corrected chi connectivity index (χ3v) is 1.37. The van der Waals surface area contributed by atoms with Crippen molar-refractivity contribution in [2.45, 2.75) is 0 Å². The smallest absolute Gasteiger partial charge is 0.199 e. The summed E-state index contributed by atoms with van der Waals surface area (Å²) in [5.41, 5.74) is 0. The lowest BCUT2D eigenvalue weighted by Crippen LogP contribution is -1.82. The fraction of sp³-hybridized carbons (Fsp3) is 0.333. The molecule has 8 heavy (non-hydrogen) atoms. The van der Waals surface area contributed by atoms with Crippen LogP contribution in [0.1, 0.15) is 0 Å². The average molecular weight is 198 g/mol. The number of rotatable bonds is 0. The van der Waals surface area contributed by atoms with Crippen molar-refractivity contribution in [1.29, 1.82) is 0 Å². The van der Waals surface area contributed by atoms with Gasteiger partial charge in [0.25, 0.3) is 0 Å². The van der Waals surface area contributed by atoms with Crippen LogP contribution in [0, 0.1) is 0 Å². The van der Waals surface area contributed by atoms with Gasteiger partial charge in [-0.2, -0.15) is 0 Å². The molecular weight excluding hydrogens is 193 g/mol. The molecule has 46 valence electrons. The second-order valence-electron chi connectivity index (χ2n) is 1.21. The standard InChI is InChI=1S/C3H4BrN3.ClH/c1-7-2-5-6-3(7)4;/h2H,1H3;1H. The van der Waals surface area contributed by atoms with Crippen molar-refractivity contribution in [2.75, 3.05) is 0 Å². The molecule has 0 bridgehead atoms. The summed E-state index contributed by atoms with van der Waals surface area (Å²) in [6.07, 6.45) is 1.63. The summed E-state index contributed by atoms with van der Waals surface area (Å²) in [4.78, 5) is 0. The van der Waals surface area contributed by atoms with Crippen LogP contribution in [0.5, 0.6) is 0 Å². The van der Waals surface area contributed by atoms with Gasteiger partial charge in [0.15, 0.2) is 4.73 Å². The molecule has 0 aliphatic heterocycles. The number of nitrogens with zero attached hydrogens (tertiary/aromatic N) is 3. The zero-order chi connectivity index (χ0) is 5.28. The molecule has 1 aromatic rings. The van der Waals surface area contributed by atoms with E-state index in [9.17, 15) is 0 Å². The highest BCUT2D eigenvalue weighted by Crippen LogP contribution is 1.98. The molecule has 5 heteroatoms. The molecule has 1 heterocycles. The number of aryl methyl sites for hydroxylation is 1. The van der Waals surface area contributed by atoms with Gasteiger partial charge in [0.05, 0.1) is 0 Å². The maximum absolute atomic E-state index is 3.65. The van der Waals surface area contributed by atoms with E-state index in [0.717, 1.165) is 4.73 Å². The van der Waals surface area contributed by atoms with Crippen molar-refractivity contribution in [1.82, 2.24) is 14.8 Å². The van der Waals surface area contributed by atoms with E-state index < -0.39 is 0 Å². The van der Waals surface area contributed by atoms with Crippen LogP contribution < -0.4 is 0 Å². The highest BCUT2D eigenvalue weighted by atomic mass is 79.9. The Morgan fingerprint density at radius 2 is 2.38 bits per heavy atom. The summed E-state index contributed by atoms with van der Waals surface area (Å²) in [6, 6.07) is 0. The van der Waals surface area contributed by atoms with E-state index in [-0.39, 0.29) is 12.4 Å². The van der Waals surface area contributed by atoms with Gasteiger partial charge in [-0.05, 0) is 15.9 Å². The lowest BCUT2D eigenvalue weighted by Gasteiger charge is -1.82. The molecular formula is C3H5BrClN3. The van der Waals surface area contributed by atoms with Crippen LogP contribution in [0.4, 0.5) is 0 Å². The average Bonchev–Trinajstić information content (AvgIpc) is 1.91. The number of aromatic nitrogens is 3. The van der Waals surface area contributed by atoms with E-state index in [2.05, 4.69) is 26.1 Å². The van der Waals surface area contributed by atoms with Crippen molar-refractivity contribution >= 4 is 28.3 Å². The Labute approximate surface area is 61.6 Å². The highest BCUT2D eigenvalue weighted by molar-refractivity contribution is 9.10. The Morgan fingerprint density at radius 1 is 1.75 bits per heavy atom. The Bertz CT molecular complexity index is 147. The molecule has 0 saturated heterocycles. The SMILES string of the molecule is Cl.Cn1cnnc1Br. The van der Waals surface area contributed by atoms with Crippen molar-refractivity contribution in [3.8, 4) is 0 Å². The molecule has 0 aromatic carbocycles. The second kappa shape index (κ2) is 3.04. The molecule has 0 atom stereocenters. The molecule has 0 unspecified atom stereocenters. The Balaban J connectivity index is 0.000000490. The number of halogens is 2. The van der Waals surface area contributed by atoms with Crippen molar-refractivity contribution < 1.29 is 0 Å². The fourth-order valence-corrected chi connectivity index (χ4v) is 0.452. The van der Waals surface area contributed by atoms with Crippen molar-refractivity contribution in [3.05, 3.63) is 11.1 Å². The molecule has 0 aliphatic rings. The summed E-state index contributed by atoms with van der Waals surface area (Å²) in [7, 11) is 1.87. The van der Waals surface area contributed by atoms with Gasteiger partial charge in [0.1, 0.15) is 6.33 Å². The lowest BCUT2D eigenvalue weighted by atomic mass is 11.1.